The van der Waals surface area contributed by atoms with Gasteiger partial charge in [0, 0.05) is 5.56 Å². The topological polar surface area (TPSA) is 55.1 Å². The van der Waals surface area contributed by atoms with E-state index in [2.05, 4.69) is 24.1 Å². The molecule has 110 valence electrons. The summed E-state index contributed by atoms with van der Waals surface area (Å²) in [4.78, 5) is 17.0. The maximum atomic E-state index is 12.4. The van der Waals surface area contributed by atoms with E-state index in [-0.39, 0.29) is 11.8 Å². The number of benzene rings is 2. The van der Waals surface area contributed by atoms with Gasteiger partial charge in [-0.3, -0.25) is 4.79 Å². The molecule has 0 saturated heterocycles. The van der Waals surface area contributed by atoms with Crippen molar-refractivity contribution in [3.63, 3.8) is 0 Å². The van der Waals surface area contributed by atoms with E-state index in [9.17, 15) is 4.79 Å². The van der Waals surface area contributed by atoms with E-state index in [1.54, 1.807) is 0 Å². The van der Waals surface area contributed by atoms with E-state index in [0.29, 0.717) is 11.5 Å². The van der Waals surface area contributed by atoms with Crippen molar-refractivity contribution in [1.82, 2.24) is 10.3 Å². The van der Waals surface area contributed by atoms with Crippen LogP contribution in [0.5, 0.6) is 0 Å². The van der Waals surface area contributed by atoms with Crippen LogP contribution in [-0.4, -0.2) is 10.9 Å². The van der Waals surface area contributed by atoms with Crippen LogP contribution in [0.3, 0.4) is 0 Å². The van der Waals surface area contributed by atoms with Gasteiger partial charge in [-0.1, -0.05) is 44.2 Å². The number of hydrogen-bond donors (Lipinski definition) is 1. The van der Waals surface area contributed by atoms with E-state index in [1.807, 2.05) is 48.5 Å². The fourth-order valence-corrected chi connectivity index (χ4v) is 3.25. The summed E-state index contributed by atoms with van der Waals surface area (Å²) in [5.74, 6) is 0.571. The molecule has 0 fully saturated rings. The zero-order valence-electron chi connectivity index (χ0n) is 12.5. The number of amides is 1. The van der Waals surface area contributed by atoms with Crippen LogP contribution in [0.15, 0.2) is 52.9 Å². The first kappa shape index (κ1) is 13.1. The molecule has 3 aromatic rings. The Morgan fingerprint density at radius 3 is 2.59 bits per heavy atom. The van der Waals surface area contributed by atoms with Gasteiger partial charge in [0.15, 0.2) is 5.58 Å². The number of nitrogens with zero attached hydrogens (tertiary/aromatic N) is 1. The van der Waals surface area contributed by atoms with Crippen molar-refractivity contribution in [1.29, 1.82) is 0 Å². The van der Waals surface area contributed by atoms with Gasteiger partial charge in [-0.15, -0.1) is 0 Å². The number of fused-ring (bicyclic) bond motifs is 2. The van der Waals surface area contributed by atoms with Crippen molar-refractivity contribution in [3.05, 3.63) is 65.5 Å². The molecule has 1 N–H and O–H groups in total. The molecule has 0 radical (unpaired) electrons. The Hall–Kier alpha value is -2.62. The molecule has 2 heterocycles. The highest BCUT2D eigenvalue weighted by Crippen LogP contribution is 2.42. The van der Waals surface area contributed by atoms with Gasteiger partial charge in [-0.05, 0) is 29.7 Å². The predicted molar refractivity (Wildman–Crippen MR) is 83.5 cm³/mol. The average Bonchev–Trinajstić information content (AvgIpc) is 3.08. The van der Waals surface area contributed by atoms with Crippen molar-refractivity contribution in [2.45, 2.75) is 19.4 Å². The second-order valence-electron chi connectivity index (χ2n) is 5.95. The van der Waals surface area contributed by atoms with Gasteiger partial charge < -0.3 is 9.73 Å². The van der Waals surface area contributed by atoms with Gasteiger partial charge in [-0.25, -0.2) is 4.98 Å². The van der Waals surface area contributed by atoms with Gasteiger partial charge in [0.25, 0.3) is 5.91 Å². The monoisotopic (exact) mass is 292 g/mol. The molecule has 1 aliphatic heterocycles. The maximum absolute atomic E-state index is 12.4. The molecule has 0 spiro atoms. The first-order valence-corrected chi connectivity index (χ1v) is 7.41. The van der Waals surface area contributed by atoms with Crippen LogP contribution in [0.1, 0.15) is 35.7 Å². The van der Waals surface area contributed by atoms with Crippen LogP contribution < -0.4 is 5.32 Å². The highest BCUT2D eigenvalue weighted by atomic mass is 16.4. The second kappa shape index (κ2) is 4.44. The van der Waals surface area contributed by atoms with Crippen molar-refractivity contribution in [3.8, 4) is 0 Å². The number of aromatic nitrogens is 1. The van der Waals surface area contributed by atoms with E-state index >= 15 is 0 Å². The summed E-state index contributed by atoms with van der Waals surface area (Å²) in [5.41, 5.74) is 2.44. The SMILES string of the molecule is CC(C)C1(c2nc3ccccc3o2)NC(=O)c2ccccc21. The zero-order chi connectivity index (χ0) is 15.3. The number of nitrogens with one attached hydrogen (secondary N) is 1. The Labute approximate surface area is 128 Å². The van der Waals surface area contributed by atoms with Crippen LogP contribution in [0.4, 0.5) is 0 Å². The fraction of sp³-hybridized carbons (Fsp3) is 0.222. The molecule has 4 rings (SSSR count). The molecule has 0 aliphatic carbocycles. The summed E-state index contributed by atoms with van der Waals surface area (Å²) in [7, 11) is 0. The number of carbonyl (C=O) groups excluding carboxylic acids is 1. The van der Waals surface area contributed by atoms with Gasteiger partial charge in [-0.2, -0.15) is 0 Å². The largest absolute Gasteiger partial charge is 0.438 e. The minimum absolute atomic E-state index is 0.0773. The van der Waals surface area contributed by atoms with E-state index in [1.165, 1.54) is 0 Å². The third-order valence-electron chi connectivity index (χ3n) is 4.40. The lowest BCUT2D eigenvalue weighted by Gasteiger charge is -2.31. The van der Waals surface area contributed by atoms with E-state index in [4.69, 9.17) is 4.42 Å². The highest BCUT2D eigenvalue weighted by Gasteiger charge is 2.50. The van der Waals surface area contributed by atoms with Gasteiger partial charge in [0.1, 0.15) is 11.1 Å². The lowest BCUT2D eigenvalue weighted by Crippen LogP contribution is -2.45. The number of hydrogen-bond acceptors (Lipinski definition) is 3. The fourth-order valence-electron chi connectivity index (χ4n) is 3.25. The molecule has 4 heteroatoms. The summed E-state index contributed by atoms with van der Waals surface area (Å²) >= 11 is 0. The Kier molecular flexibility index (Phi) is 2.64. The first-order chi connectivity index (χ1) is 10.6. The van der Waals surface area contributed by atoms with Crippen LogP contribution >= 0.6 is 0 Å². The van der Waals surface area contributed by atoms with Crippen LogP contribution in [-0.2, 0) is 5.54 Å². The smallest absolute Gasteiger partial charge is 0.252 e. The predicted octanol–water partition coefficient (Wildman–Crippen LogP) is 3.47. The quantitative estimate of drug-likeness (QED) is 0.787. The van der Waals surface area contributed by atoms with Gasteiger partial charge in [0.05, 0.1) is 0 Å². The lowest BCUT2D eigenvalue weighted by atomic mass is 9.80. The molecule has 1 amide bonds. The van der Waals surface area contributed by atoms with Crippen molar-refractivity contribution < 1.29 is 9.21 Å². The molecule has 1 aliphatic rings. The Morgan fingerprint density at radius 1 is 1.09 bits per heavy atom. The molecule has 22 heavy (non-hydrogen) atoms. The lowest BCUT2D eigenvalue weighted by molar-refractivity contribution is 0.0912. The minimum atomic E-state index is -0.716. The summed E-state index contributed by atoms with van der Waals surface area (Å²) in [5, 5.41) is 3.11. The number of para-hydroxylation sites is 2. The molecule has 1 aromatic heterocycles. The summed E-state index contributed by atoms with van der Waals surface area (Å²) in [6.07, 6.45) is 0. The number of rotatable bonds is 2. The molecular formula is C18H16N2O2. The molecule has 1 atom stereocenters. The summed E-state index contributed by atoms with van der Waals surface area (Å²) < 4.78 is 6.00. The maximum Gasteiger partial charge on any atom is 0.252 e. The Bertz CT molecular complexity index is 848. The van der Waals surface area contributed by atoms with Crippen LogP contribution in [0.25, 0.3) is 11.1 Å². The molecule has 0 bridgehead atoms. The molecule has 1 unspecified atom stereocenters. The van der Waals surface area contributed by atoms with Crippen molar-refractivity contribution >= 4 is 17.0 Å². The third kappa shape index (κ3) is 1.58. The Balaban J connectivity index is 2.01. The van der Waals surface area contributed by atoms with E-state index < -0.39 is 5.54 Å². The second-order valence-corrected chi connectivity index (χ2v) is 5.95. The Morgan fingerprint density at radius 2 is 1.82 bits per heavy atom. The standard InChI is InChI=1S/C18H16N2O2/c1-11(2)18(13-8-4-3-7-12(13)16(21)20-18)17-19-14-9-5-6-10-15(14)22-17/h3-11H,1-2H3,(H,20,21). The highest BCUT2D eigenvalue weighted by molar-refractivity contribution is 6.00. The van der Waals surface area contributed by atoms with Crippen LogP contribution in [0.2, 0.25) is 0 Å². The molecule has 2 aromatic carbocycles. The number of carbonyl (C=O) groups is 1. The molecule has 4 nitrogen and oxygen atoms in total. The van der Waals surface area contributed by atoms with Crippen LogP contribution in [0, 0.1) is 5.92 Å². The summed E-state index contributed by atoms with van der Waals surface area (Å²) in [6, 6.07) is 15.3. The van der Waals surface area contributed by atoms with Crippen molar-refractivity contribution in [2.75, 3.05) is 0 Å². The zero-order valence-corrected chi connectivity index (χ0v) is 12.5. The van der Waals surface area contributed by atoms with Gasteiger partial charge >= 0.3 is 0 Å². The normalized spacial score (nSPS) is 20.4. The van der Waals surface area contributed by atoms with E-state index in [0.717, 1.165) is 16.7 Å². The first-order valence-electron chi connectivity index (χ1n) is 7.41. The third-order valence-corrected chi connectivity index (χ3v) is 4.40. The number of oxazole rings is 1. The summed E-state index contributed by atoms with van der Waals surface area (Å²) in [6.45, 7) is 4.13. The minimum Gasteiger partial charge on any atom is -0.438 e. The van der Waals surface area contributed by atoms with Crippen molar-refractivity contribution in [2.24, 2.45) is 5.92 Å². The van der Waals surface area contributed by atoms with Gasteiger partial charge in [0.2, 0.25) is 5.89 Å². The molecular weight excluding hydrogens is 276 g/mol. The molecule has 0 saturated carbocycles. The average molecular weight is 292 g/mol.